The van der Waals surface area contributed by atoms with Gasteiger partial charge in [0.05, 0.1) is 6.04 Å². The largest absolute Gasteiger partial charge is 0.355 e. The summed E-state index contributed by atoms with van der Waals surface area (Å²) in [4.78, 5) is 14.7. The van der Waals surface area contributed by atoms with Gasteiger partial charge in [-0.15, -0.1) is 0 Å². The Morgan fingerprint density at radius 2 is 2.00 bits per heavy atom. The molecule has 0 spiro atoms. The lowest BCUT2D eigenvalue weighted by molar-refractivity contribution is -0.127. The third-order valence-corrected chi connectivity index (χ3v) is 5.00. The van der Waals surface area contributed by atoms with Gasteiger partial charge in [-0.2, -0.15) is 0 Å². The molecule has 0 aromatic heterocycles. The van der Waals surface area contributed by atoms with Gasteiger partial charge in [0.2, 0.25) is 5.91 Å². The summed E-state index contributed by atoms with van der Waals surface area (Å²) in [5.41, 5.74) is 0. The zero-order chi connectivity index (χ0) is 14.4. The van der Waals surface area contributed by atoms with Crippen LogP contribution in [-0.2, 0) is 4.79 Å². The first kappa shape index (κ1) is 15.8. The summed E-state index contributed by atoms with van der Waals surface area (Å²) >= 11 is 0. The average molecular weight is 281 g/mol. The van der Waals surface area contributed by atoms with Crippen molar-refractivity contribution in [3.8, 4) is 0 Å². The smallest absolute Gasteiger partial charge is 0.237 e. The molecule has 0 aromatic carbocycles. The van der Waals surface area contributed by atoms with Gasteiger partial charge in [0.25, 0.3) is 0 Å². The van der Waals surface area contributed by atoms with Crippen LogP contribution in [0.25, 0.3) is 0 Å². The van der Waals surface area contributed by atoms with E-state index in [0.717, 1.165) is 32.1 Å². The number of nitrogens with one attached hydrogen (secondary N) is 2. The molecule has 0 aliphatic carbocycles. The second-order valence-electron chi connectivity index (χ2n) is 6.31. The fraction of sp³-hybridized carbons (Fsp3) is 0.938. The van der Waals surface area contributed by atoms with Crippen molar-refractivity contribution in [1.82, 2.24) is 15.5 Å². The van der Waals surface area contributed by atoms with Crippen LogP contribution in [0.3, 0.4) is 0 Å². The van der Waals surface area contributed by atoms with E-state index < -0.39 is 0 Å². The highest BCUT2D eigenvalue weighted by atomic mass is 16.2. The highest BCUT2D eigenvalue weighted by Gasteiger charge is 2.34. The zero-order valence-electron chi connectivity index (χ0n) is 13.2. The molecule has 116 valence electrons. The highest BCUT2D eigenvalue weighted by Crippen LogP contribution is 2.29. The number of nitrogens with zero attached hydrogens (tertiary/aromatic N) is 1. The molecule has 2 aliphatic heterocycles. The maximum absolute atomic E-state index is 12.2. The lowest BCUT2D eigenvalue weighted by atomic mass is 9.86. The first-order valence-electron chi connectivity index (χ1n) is 8.48. The molecule has 4 nitrogen and oxygen atoms in total. The van der Waals surface area contributed by atoms with Crippen molar-refractivity contribution in [2.45, 2.75) is 64.5 Å². The monoisotopic (exact) mass is 281 g/mol. The van der Waals surface area contributed by atoms with Crippen LogP contribution in [-0.4, -0.2) is 49.1 Å². The van der Waals surface area contributed by atoms with Crippen LogP contribution in [0.5, 0.6) is 0 Å². The summed E-state index contributed by atoms with van der Waals surface area (Å²) in [5, 5.41) is 6.45. The molecular formula is C16H31N3O. The molecule has 0 aromatic rings. The maximum atomic E-state index is 12.2. The van der Waals surface area contributed by atoms with E-state index in [1.54, 1.807) is 0 Å². The SMILES string of the molecule is CCNC(=O)C(C)N1CCCCCC1C1CCNCC1. The molecule has 2 aliphatic rings. The number of hydrogen-bond donors (Lipinski definition) is 2. The van der Waals surface area contributed by atoms with Gasteiger partial charge in [0.1, 0.15) is 0 Å². The molecule has 20 heavy (non-hydrogen) atoms. The Kier molecular flexibility index (Phi) is 6.30. The Balaban J connectivity index is 2.05. The molecule has 0 bridgehead atoms. The Morgan fingerprint density at radius 1 is 1.25 bits per heavy atom. The van der Waals surface area contributed by atoms with Crippen molar-refractivity contribution in [2.75, 3.05) is 26.2 Å². The average Bonchev–Trinajstić information content (AvgIpc) is 2.73. The minimum atomic E-state index is 0.0212. The van der Waals surface area contributed by atoms with E-state index in [4.69, 9.17) is 0 Å². The van der Waals surface area contributed by atoms with Crippen molar-refractivity contribution in [3.05, 3.63) is 0 Å². The van der Waals surface area contributed by atoms with Gasteiger partial charge in [0.15, 0.2) is 0 Å². The Labute approximate surface area is 123 Å². The molecule has 2 heterocycles. The van der Waals surface area contributed by atoms with Crippen LogP contribution in [0.1, 0.15) is 52.4 Å². The predicted molar refractivity (Wildman–Crippen MR) is 82.7 cm³/mol. The standard InChI is InChI=1S/C16H31N3O/c1-3-18-16(20)13(2)19-12-6-4-5-7-15(19)14-8-10-17-11-9-14/h13-15,17H,3-12H2,1-2H3,(H,18,20). The first-order chi connectivity index (χ1) is 9.74. The Bertz CT molecular complexity index is 302. The highest BCUT2D eigenvalue weighted by molar-refractivity contribution is 5.81. The van der Waals surface area contributed by atoms with Crippen molar-refractivity contribution in [1.29, 1.82) is 0 Å². The van der Waals surface area contributed by atoms with Gasteiger partial charge in [-0.3, -0.25) is 9.69 Å². The van der Waals surface area contributed by atoms with Crippen molar-refractivity contribution >= 4 is 5.91 Å². The van der Waals surface area contributed by atoms with Crippen LogP contribution < -0.4 is 10.6 Å². The number of rotatable bonds is 4. The molecule has 2 unspecified atom stereocenters. The van der Waals surface area contributed by atoms with Crippen LogP contribution in [0.4, 0.5) is 0 Å². The normalized spacial score (nSPS) is 27.8. The topological polar surface area (TPSA) is 44.4 Å². The predicted octanol–water partition coefficient (Wildman–Crippen LogP) is 1.76. The van der Waals surface area contributed by atoms with E-state index in [2.05, 4.69) is 22.5 Å². The van der Waals surface area contributed by atoms with Gasteiger partial charge in [-0.25, -0.2) is 0 Å². The van der Waals surface area contributed by atoms with Crippen molar-refractivity contribution < 1.29 is 4.79 Å². The molecule has 2 fully saturated rings. The molecule has 2 N–H and O–H groups in total. The van der Waals surface area contributed by atoms with Crippen molar-refractivity contribution in [2.24, 2.45) is 5.92 Å². The van der Waals surface area contributed by atoms with E-state index in [0.29, 0.717) is 6.04 Å². The van der Waals surface area contributed by atoms with Gasteiger partial charge < -0.3 is 10.6 Å². The maximum Gasteiger partial charge on any atom is 0.237 e. The number of carbonyl (C=O) groups is 1. The van der Waals surface area contributed by atoms with Crippen LogP contribution in [0, 0.1) is 5.92 Å². The molecule has 2 atom stereocenters. The summed E-state index contributed by atoms with van der Waals surface area (Å²) in [6, 6.07) is 0.630. The Morgan fingerprint density at radius 3 is 2.70 bits per heavy atom. The summed E-state index contributed by atoms with van der Waals surface area (Å²) in [6.45, 7) is 8.19. The third-order valence-electron chi connectivity index (χ3n) is 5.00. The second-order valence-corrected chi connectivity index (χ2v) is 6.31. The number of likely N-dealkylation sites (N-methyl/N-ethyl adjacent to an activating group) is 1. The molecule has 2 saturated heterocycles. The summed E-state index contributed by atoms with van der Waals surface area (Å²) in [6.07, 6.45) is 7.69. The lowest BCUT2D eigenvalue weighted by Crippen LogP contribution is -2.53. The fourth-order valence-electron chi connectivity index (χ4n) is 3.85. The minimum Gasteiger partial charge on any atom is -0.355 e. The van der Waals surface area contributed by atoms with Crippen LogP contribution >= 0.6 is 0 Å². The van der Waals surface area contributed by atoms with Crippen LogP contribution in [0.15, 0.2) is 0 Å². The summed E-state index contributed by atoms with van der Waals surface area (Å²) in [5.74, 6) is 0.972. The van der Waals surface area contributed by atoms with Gasteiger partial charge in [-0.05, 0) is 65.1 Å². The minimum absolute atomic E-state index is 0.0212. The second kappa shape index (κ2) is 7.99. The summed E-state index contributed by atoms with van der Waals surface area (Å²) in [7, 11) is 0. The third kappa shape index (κ3) is 3.95. The van der Waals surface area contributed by atoms with E-state index in [9.17, 15) is 4.79 Å². The van der Waals surface area contributed by atoms with Gasteiger partial charge in [0, 0.05) is 12.6 Å². The van der Waals surface area contributed by atoms with E-state index in [-0.39, 0.29) is 11.9 Å². The van der Waals surface area contributed by atoms with Gasteiger partial charge >= 0.3 is 0 Å². The Hall–Kier alpha value is -0.610. The molecule has 2 rings (SSSR count). The van der Waals surface area contributed by atoms with E-state index >= 15 is 0 Å². The van der Waals surface area contributed by atoms with Crippen LogP contribution in [0.2, 0.25) is 0 Å². The van der Waals surface area contributed by atoms with Crippen molar-refractivity contribution in [3.63, 3.8) is 0 Å². The molecular weight excluding hydrogens is 250 g/mol. The molecule has 0 radical (unpaired) electrons. The molecule has 0 saturated carbocycles. The van der Waals surface area contributed by atoms with Gasteiger partial charge in [-0.1, -0.05) is 12.8 Å². The molecule has 4 heteroatoms. The quantitative estimate of drug-likeness (QED) is 0.825. The number of amides is 1. The first-order valence-corrected chi connectivity index (χ1v) is 8.48. The molecule has 1 amide bonds. The summed E-state index contributed by atoms with van der Waals surface area (Å²) < 4.78 is 0. The number of likely N-dealkylation sites (tertiary alicyclic amines) is 1. The number of hydrogen-bond acceptors (Lipinski definition) is 3. The van der Waals surface area contributed by atoms with E-state index in [1.165, 1.54) is 38.5 Å². The number of carbonyl (C=O) groups excluding carboxylic acids is 1. The lowest BCUT2D eigenvalue weighted by Gasteiger charge is -2.40. The fourth-order valence-corrected chi connectivity index (χ4v) is 3.85. The van der Waals surface area contributed by atoms with E-state index in [1.807, 2.05) is 6.92 Å². The zero-order valence-corrected chi connectivity index (χ0v) is 13.2. The number of piperidine rings is 1.